The van der Waals surface area contributed by atoms with Gasteiger partial charge in [0.25, 0.3) is 0 Å². The first-order valence-corrected chi connectivity index (χ1v) is 19.6. The van der Waals surface area contributed by atoms with Gasteiger partial charge >= 0.3 is 11.9 Å². The molecule has 1 saturated heterocycles. The standard InChI is InChI=1S/C34H64O4S2/c35-33-25-17-13-9-5-1-3-7-11-15-21-29-39-31-23-20-28-38-34(36)26-18-14-10-6-2-4-8-12-16-22-30-40-32-24-19-27-37-33/h1-32H2. The van der Waals surface area contributed by atoms with Crippen molar-refractivity contribution in [1.29, 1.82) is 0 Å². The van der Waals surface area contributed by atoms with Crippen LogP contribution in [0.15, 0.2) is 0 Å². The molecule has 1 aliphatic rings. The monoisotopic (exact) mass is 600 g/mol. The smallest absolute Gasteiger partial charge is 0.305 e. The molecular weight excluding hydrogens is 537 g/mol. The lowest BCUT2D eigenvalue weighted by Gasteiger charge is -2.06. The van der Waals surface area contributed by atoms with Crippen LogP contribution in [-0.4, -0.2) is 48.2 Å². The van der Waals surface area contributed by atoms with E-state index in [1.165, 1.54) is 126 Å². The van der Waals surface area contributed by atoms with E-state index in [0.717, 1.165) is 51.4 Å². The van der Waals surface area contributed by atoms with Crippen LogP contribution in [0.4, 0.5) is 0 Å². The molecule has 0 unspecified atom stereocenters. The van der Waals surface area contributed by atoms with Crippen molar-refractivity contribution >= 4 is 35.5 Å². The Balaban J connectivity index is 2.10. The van der Waals surface area contributed by atoms with Crippen molar-refractivity contribution in [2.24, 2.45) is 0 Å². The van der Waals surface area contributed by atoms with Gasteiger partial charge in [-0.05, 0) is 74.4 Å². The van der Waals surface area contributed by atoms with Crippen LogP contribution in [0.5, 0.6) is 0 Å². The second-order valence-electron chi connectivity index (χ2n) is 11.7. The minimum absolute atomic E-state index is 0.00508. The van der Waals surface area contributed by atoms with Gasteiger partial charge < -0.3 is 9.47 Å². The maximum atomic E-state index is 11.9. The van der Waals surface area contributed by atoms with Crippen LogP contribution in [0.25, 0.3) is 0 Å². The Kier molecular flexibility index (Phi) is 29.7. The van der Waals surface area contributed by atoms with Crippen molar-refractivity contribution < 1.29 is 19.1 Å². The fourth-order valence-electron chi connectivity index (χ4n) is 5.11. The molecule has 236 valence electrons. The van der Waals surface area contributed by atoms with E-state index in [0.29, 0.717) is 26.1 Å². The fraction of sp³-hybridized carbons (Fsp3) is 0.941. The molecule has 0 atom stereocenters. The number of thioether (sulfide) groups is 2. The highest BCUT2D eigenvalue weighted by Gasteiger charge is 2.04. The van der Waals surface area contributed by atoms with Gasteiger partial charge in [0.15, 0.2) is 0 Å². The molecule has 0 spiro atoms. The van der Waals surface area contributed by atoms with Crippen LogP contribution in [0.2, 0.25) is 0 Å². The van der Waals surface area contributed by atoms with E-state index in [2.05, 4.69) is 23.5 Å². The van der Waals surface area contributed by atoms with E-state index >= 15 is 0 Å². The van der Waals surface area contributed by atoms with Gasteiger partial charge in [-0.2, -0.15) is 23.5 Å². The Morgan fingerprint density at radius 3 is 0.900 bits per heavy atom. The topological polar surface area (TPSA) is 52.6 Å². The number of hydrogen-bond acceptors (Lipinski definition) is 6. The third-order valence-corrected chi connectivity index (χ3v) is 10.0. The Labute approximate surface area is 257 Å². The molecule has 0 bridgehead atoms. The van der Waals surface area contributed by atoms with E-state index in [1.54, 1.807) is 0 Å². The summed E-state index contributed by atoms with van der Waals surface area (Å²) in [7, 11) is 0. The van der Waals surface area contributed by atoms with Crippen molar-refractivity contribution in [3.05, 3.63) is 0 Å². The number of hydrogen-bond donors (Lipinski definition) is 0. The molecule has 0 amide bonds. The van der Waals surface area contributed by atoms with Gasteiger partial charge in [-0.25, -0.2) is 0 Å². The van der Waals surface area contributed by atoms with Gasteiger partial charge in [0, 0.05) is 12.8 Å². The zero-order valence-electron chi connectivity index (χ0n) is 26.1. The largest absolute Gasteiger partial charge is 0.466 e. The normalized spacial score (nSPS) is 23.1. The highest BCUT2D eigenvalue weighted by atomic mass is 32.2. The van der Waals surface area contributed by atoms with E-state index in [-0.39, 0.29) is 11.9 Å². The maximum absolute atomic E-state index is 11.9. The molecule has 1 aliphatic heterocycles. The first kappa shape index (κ1) is 37.7. The number of esters is 2. The van der Waals surface area contributed by atoms with Crippen LogP contribution in [-0.2, 0) is 19.1 Å². The van der Waals surface area contributed by atoms with Crippen LogP contribution in [0, 0.1) is 0 Å². The summed E-state index contributed by atoms with van der Waals surface area (Å²) in [6.45, 7) is 1.20. The summed E-state index contributed by atoms with van der Waals surface area (Å²) in [6, 6.07) is 0. The number of carbonyl (C=O) groups excluding carboxylic acids is 2. The van der Waals surface area contributed by atoms with Gasteiger partial charge in [-0.1, -0.05) is 103 Å². The second-order valence-corrected chi connectivity index (χ2v) is 14.1. The quantitative estimate of drug-likeness (QED) is 0.258. The Morgan fingerprint density at radius 1 is 0.325 bits per heavy atom. The van der Waals surface area contributed by atoms with Gasteiger partial charge in [0.1, 0.15) is 0 Å². The van der Waals surface area contributed by atoms with Crippen LogP contribution < -0.4 is 0 Å². The molecule has 1 heterocycles. The van der Waals surface area contributed by atoms with Crippen molar-refractivity contribution in [2.45, 2.75) is 167 Å². The zero-order chi connectivity index (χ0) is 28.6. The predicted octanol–water partition coefficient (Wildman–Crippen LogP) is 10.7. The van der Waals surface area contributed by atoms with Crippen LogP contribution >= 0.6 is 23.5 Å². The van der Waals surface area contributed by atoms with Crippen LogP contribution in [0.3, 0.4) is 0 Å². The summed E-state index contributed by atoms with van der Waals surface area (Å²) in [5, 5.41) is 0. The summed E-state index contributed by atoms with van der Waals surface area (Å²) in [4.78, 5) is 23.8. The summed E-state index contributed by atoms with van der Waals surface area (Å²) < 4.78 is 10.8. The lowest BCUT2D eigenvalue weighted by molar-refractivity contribution is -0.144. The third-order valence-electron chi connectivity index (χ3n) is 7.73. The average Bonchev–Trinajstić information content (AvgIpc) is 2.95. The summed E-state index contributed by atoms with van der Waals surface area (Å²) in [5.41, 5.74) is 0. The Bertz CT molecular complexity index is 466. The summed E-state index contributed by atoms with van der Waals surface area (Å²) >= 11 is 4.11. The lowest BCUT2D eigenvalue weighted by atomic mass is 10.1. The molecule has 6 heteroatoms. The van der Waals surface area contributed by atoms with E-state index in [1.807, 2.05) is 0 Å². The molecular formula is C34H64O4S2. The highest BCUT2D eigenvalue weighted by molar-refractivity contribution is 7.99. The molecule has 40 heavy (non-hydrogen) atoms. The van der Waals surface area contributed by atoms with Gasteiger partial charge in [-0.15, -0.1) is 0 Å². The van der Waals surface area contributed by atoms with E-state index in [9.17, 15) is 9.59 Å². The van der Waals surface area contributed by atoms with Gasteiger partial charge in [0.05, 0.1) is 13.2 Å². The maximum Gasteiger partial charge on any atom is 0.305 e. The first-order chi connectivity index (χ1) is 19.8. The zero-order valence-corrected chi connectivity index (χ0v) is 27.7. The molecule has 1 fully saturated rings. The van der Waals surface area contributed by atoms with Crippen molar-refractivity contribution in [1.82, 2.24) is 0 Å². The SMILES string of the molecule is O=C1CCCCCCCCCCCCSCCCCOC(=O)CCCCCCCCCCCCSCCCCO1. The van der Waals surface area contributed by atoms with E-state index in [4.69, 9.17) is 9.47 Å². The second kappa shape index (κ2) is 31.6. The molecule has 0 aromatic rings. The number of ether oxygens (including phenoxy) is 2. The minimum atomic E-state index is 0.00508. The van der Waals surface area contributed by atoms with Crippen molar-refractivity contribution in [3.63, 3.8) is 0 Å². The average molecular weight is 601 g/mol. The number of cyclic esters (lactones) is 2. The molecule has 0 aromatic heterocycles. The predicted molar refractivity (Wildman–Crippen MR) is 177 cm³/mol. The number of carbonyl (C=O) groups is 2. The lowest BCUT2D eigenvalue weighted by Crippen LogP contribution is -2.05. The molecule has 0 radical (unpaired) electrons. The first-order valence-electron chi connectivity index (χ1n) is 17.3. The molecule has 0 saturated carbocycles. The highest BCUT2D eigenvalue weighted by Crippen LogP contribution is 2.16. The number of rotatable bonds is 0. The van der Waals surface area contributed by atoms with E-state index < -0.39 is 0 Å². The minimum Gasteiger partial charge on any atom is -0.466 e. The molecule has 0 aliphatic carbocycles. The summed E-state index contributed by atoms with van der Waals surface area (Å²) in [5.74, 6) is 4.92. The third kappa shape index (κ3) is 29.1. The summed E-state index contributed by atoms with van der Waals surface area (Å²) in [6.07, 6.45) is 31.1. The Hall–Kier alpha value is -0.360. The van der Waals surface area contributed by atoms with Crippen molar-refractivity contribution in [3.8, 4) is 0 Å². The van der Waals surface area contributed by atoms with Gasteiger partial charge in [-0.3, -0.25) is 9.59 Å². The fourth-order valence-corrected chi connectivity index (χ4v) is 7.15. The molecule has 4 nitrogen and oxygen atoms in total. The molecule has 0 aromatic carbocycles. The molecule has 1 rings (SSSR count). The van der Waals surface area contributed by atoms with Crippen LogP contribution in [0.1, 0.15) is 167 Å². The molecule has 0 N–H and O–H groups in total. The van der Waals surface area contributed by atoms with Gasteiger partial charge in [0.2, 0.25) is 0 Å². The Morgan fingerprint density at radius 2 is 0.575 bits per heavy atom. The van der Waals surface area contributed by atoms with Crippen molar-refractivity contribution in [2.75, 3.05) is 36.2 Å².